The van der Waals surface area contributed by atoms with Gasteiger partial charge in [-0.05, 0) is 41.7 Å². The molecule has 0 fully saturated rings. The average Bonchev–Trinajstić information content (AvgIpc) is 3.63. The molecule has 0 saturated carbocycles. The van der Waals surface area contributed by atoms with Gasteiger partial charge in [-0.3, -0.25) is 0 Å². The first-order valence-electron chi connectivity index (χ1n) is 14.9. The van der Waals surface area contributed by atoms with Crippen LogP contribution in [0.1, 0.15) is 42.0 Å². The van der Waals surface area contributed by atoms with Crippen molar-refractivity contribution in [3.8, 4) is 22.3 Å². The van der Waals surface area contributed by atoms with Crippen LogP contribution >= 0.6 is 17.0 Å². The second kappa shape index (κ2) is 17.2. The van der Waals surface area contributed by atoms with E-state index in [4.69, 9.17) is 17.0 Å². The normalized spacial score (nSPS) is 10.7. The fourth-order valence-corrected chi connectivity index (χ4v) is 5.78. The fourth-order valence-electron chi connectivity index (χ4n) is 5.78. The maximum absolute atomic E-state index is 4.93. The number of hydrogen-bond acceptors (Lipinski definition) is 0. The first-order chi connectivity index (χ1) is 21.1. The van der Waals surface area contributed by atoms with Crippen molar-refractivity contribution in [3.63, 3.8) is 0 Å². The van der Waals surface area contributed by atoms with E-state index < -0.39 is 20.8 Å². The summed E-state index contributed by atoms with van der Waals surface area (Å²) in [4.78, 5) is 0. The molecule has 0 heterocycles. The third-order valence-corrected chi connectivity index (χ3v) is 7.65. The molecule has 6 aromatic rings. The zero-order chi connectivity index (χ0) is 30.6. The quantitative estimate of drug-likeness (QED) is 0.127. The van der Waals surface area contributed by atoms with Crippen molar-refractivity contribution in [2.45, 2.75) is 52.6 Å². The van der Waals surface area contributed by atoms with E-state index in [1.165, 1.54) is 85.3 Å². The molecule has 0 atom stereocenters. The second-order valence-corrected chi connectivity index (χ2v) is 15.5. The Balaban J connectivity index is 0.000000186. The van der Waals surface area contributed by atoms with E-state index in [1.807, 2.05) is 6.07 Å². The third-order valence-electron chi connectivity index (χ3n) is 7.65. The van der Waals surface area contributed by atoms with Gasteiger partial charge in [0.2, 0.25) is 0 Å². The minimum atomic E-state index is -0.826. The van der Waals surface area contributed by atoms with Crippen LogP contribution < -0.4 is 0 Å². The third kappa shape index (κ3) is 8.43. The molecule has 0 unspecified atom stereocenters. The Hall–Kier alpha value is -2.35. The molecular formula is C39H38Cl2SiZr. The molecule has 0 N–H and O–H groups in total. The summed E-state index contributed by atoms with van der Waals surface area (Å²) in [7, 11) is 11.0. The predicted molar refractivity (Wildman–Crippen MR) is 189 cm³/mol. The van der Waals surface area contributed by atoms with Crippen LogP contribution in [0.25, 0.3) is 43.8 Å². The molecule has 0 spiro atoms. The van der Waals surface area contributed by atoms with Crippen LogP contribution in [0.5, 0.6) is 0 Å². The molecule has 0 aromatic heterocycles. The maximum atomic E-state index is 4.93. The average molecular weight is 697 g/mol. The molecule has 0 bridgehead atoms. The molecule has 4 heteroatoms. The first-order valence-corrected chi connectivity index (χ1v) is 23.2. The van der Waals surface area contributed by atoms with Crippen LogP contribution in [0, 0.1) is 13.0 Å². The standard InChI is InChI=1S/C24H23.C13H9.C2H6Si.2ClH.Zr/c1-3-4-8-18-15-20-10-7-12-22(23(20)16-18)24-17(2)13-14-19-9-5-6-11-21(19)24;1-3-7-12-10(5-1)9-11-6-2-4-8-13(11)12;1-3-2;;;/h5-7,9-16H,3-4,8H2,1-2H3;1-5,7-8H,9H2;1-2H3;2*1H;/q2*-1;;;;+4/p-2. The van der Waals surface area contributed by atoms with Gasteiger partial charge in [0.25, 0.3) is 0 Å². The van der Waals surface area contributed by atoms with Crippen molar-refractivity contribution in [2.75, 3.05) is 0 Å². The van der Waals surface area contributed by atoms with Gasteiger partial charge < -0.3 is 0 Å². The van der Waals surface area contributed by atoms with Gasteiger partial charge in [0.05, 0.1) is 0 Å². The van der Waals surface area contributed by atoms with Crippen molar-refractivity contribution < 1.29 is 20.8 Å². The molecule has 0 saturated heterocycles. The number of rotatable bonds is 4. The molecule has 1 aliphatic rings. The van der Waals surface area contributed by atoms with Crippen molar-refractivity contribution in [1.82, 2.24) is 0 Å². The number of fused-ring (bicyclic) bond motifs is 5. The van der Waals surface area contributed by atoms with Crippen LogP contribution in [-0.4, -0.2) is 9.52 Å². The molecule has 0 amide bonds. The van der Waals surface area contributed by atoms with Gasteiger partial charge in [-0.15, -0.1) is 40.1 Å². The minimum absolute atomic E-state index is 0.826. The summed E-state index contributed by atoms with van der Waals surface area (Å²) >= 11 is -0.826. The van der Waals surface area contributed by atoms with E-state index in [-0.39, 0.29) is 0 Å². The second-order valence-electron chi connectivity index (χ2n) is 10.7. The van der Waals surface area contributed by atoms with Crippen LogP contribution in [0.15, 0.2) is 109 Å². The molecule has 1 aliphatic carbocycles. The van der Waals surface area contributed by atoms with Gasteiger partial charge in [-0.1, -0.05) is 116 Å². The van der Waals surface area contributed by atoms with E-state index >= 15 is 0 Å². The van der Waals surface area contributed by atoms with Crippen LogP contribution in [0.2, 0.25) is 13.1 Å². The van der Waals surface area contributed by atoms with Crippen molar-refractivity contribution in [2.24, 2.45) is 0 Å². The van der Waals surface area contributed by atoms with Gasteiger partial charge in [-0.25, -0.2) is 0 Å². The van der Waals surface area contributed by atoms with Gasteiger partial charge in [0.1, 0.15) is 0 Å². The number of aryl methyl sites for hydroxylation is 2. The SMILES string of the molecule is CCCCc1cc2c(-c3c(C)ccc4ccccc34)cccc2[cH-]1.C[Si]C.[Cl][Zr+2][Cl].[c-]1cccc2c1Cc1ccccc1-2. The van der Waals surface area contributed by atoms with E-state index in [0.29, 0.717) is 0 Å². The summed E-state index contributed by atoms with van der Waals surface area (Å²) in [6.07, 6.45) is 4.74. The van der Waals surface area contributed by atoms with E-state index in [9.17, 15) is 0 Å². The summed E-state index contributed by atoms with van der Waals surface area (Å²) < 4.78 is 0. The number of benzene rings is 5. The molecule has 43 heavy (non-hydrogen) atoms. The summed E-state index contributed by atoms with van der Waals surface area (Å²) in [6.45, 7) is 8.79. The Morgan fingerprint density at radius 1 is 0.814 bits per heavy atom. The van der Waals surface area contributed by atoms with E-state index in [1.54, 1.807) is 0 Å². The van der Waals surface area contributed by atoms with Crippen LogP contribution in [-0.2, 0) is 33.7 Å². The number of hydrogen-bond donors (Lipinski definition) is 0. The largest absolute Gasteiger partial charge is 0.179 e. The van der Waals surface area contributed by atoms with Crippen molar-refractivity contribution >= 4 is 48.1 Å². The topological polar surface area (TPSA) is 0 Å². The molecule has 2 radical (unpaired) electrons. The summed E-state index contributed by atoms with van der Waals surface area (Å²) in [5.74, 6) is 0. The summed E-state index contributed by atoms with van der Waals surface area (Å²) in [5, 5.41) is 5.42. The molecule has 216 valence electrons. The van der Waals surface area contributed by atoms with Gasteiger partial charge in [-0.2, -0.15) is 35.9 Å². The number of halogens is 2. The Bertz CT molecular complexity index is 1710. The predicted octanol–water partition coefficient (Wildman–Crippen LogP) is 12.3. The Morgan fingerprint density at radius 2 is 1.51 bits per heavy atom. The maximum Gasteiger partial charge on any atom is -0.0253 e. The summed E-state index contributed by atoms with van der Waals surface area (Å²) in [5.41, 5.74) is 11.1. The van der Waals surface area contributed by atoms with Crippen LogP contribution in [0.4, 0.5) is 0 Å². The molecule has 7 rings (SSSR count). The minimum Gasteiger partial charge on any atom is -0.179 e. The van der Waals surface area contributed by atoms with Gasteiger partial charge in [0.15, 0.2) is 0 Å². The number of unbranched alkanes of at least 4 members (excludes halogenated alkanes) is 1. The smallest absolute Gasteiger partial charge is 0.0253 e. The Labute approximate surface area is 279 Å². The molecular weight excluding hydrogens is 659 g/mol. The first kappa shape index (κ1) is 33.5. The molecule has 0 aliphatic heterocycles. The van der Waals surface area contributed by atoms with Crippen molar-refractivity contribution in [3.05, 3.63) is 138 Å². The Morgan fingerprint density at radius 3 is 2.30 bits per heavy atom. The zero-order valence-corrected chi connectivity index (χ0v) is 30.4. The van der Waals surface area contributed by atoms with Gasteiger partial charge >= 0.3 is 37.9 Å². The zero-order valence-electron chi connectivity index (χ0n) is 25.5. The molecule has 0 nitrogen and oxygen atoms in total. The van der Waals surface area contributed by atoms with E-state index in [0.717, 1.165) is 15.9 Å². The van der Waals surface area contributed by atoms with E-state index in [2.05, 4.69) is 136 Å². The van der Waals surface area contributed by atoms with Crippen molar-refractivity contribution in [1.29, 1.82) is 0 Å². The monoisotopic (exact) mass is 694 g/mol. The summed E-state index contributed by atoms with van der Waals surface area (Å²) in [6, 6.07) is 42.8. The molecule has 6 aromatic carbocycles. The van der Waals surface area contributed by atoms with Gasteiger partial charge in [0, 0.05) is 9.52 Å². The Kier molecular flexibility index (Phi) is 13.4. The fraction of sp³-hybridized carbons (Fsp3) is 0.205. The van der Waals surface area contributed by atoms with Crippen LogP contribution in [0.3, 0.4) is 0 Å².